The Hall–Kier alpha value is -3.32. The summed E-state index contributed by atoms with van der Waals surface area (Å²) >= 11 is 1.10. The van der Waals surface area contributed by atoms with Gasteiger partial charge in [0.2, 0.25) is 0 Å². The fourth-order valence-corrected chi connectivity index (χ4v) is 3.95. The number of hydrogen-bond donors (Lipinski definition) is 0. The lowest BCUT2D eigenvalue weighted by Crippen LogP contribution is -2.22. The molecule has 2 aromatic carbocycles. The van der Waals surface area contributed by atoms with E-state index in [-0.39, 0.29) is 12.5 Å². The van der Waals surface area contributed by atoms with Crippen molar-refractivity contribution in [3.63, 3.8) is 0 Å². The van der Waals surface area contributed by atoms with Gasteiger partial charge >= 0.3 is 5.97 Å². The fraction of sp³-hybridized carbons (Fsp3) is 0.136. The highest BCUT2D eigenvalue weighted by Gasteiger charge is 2.39. The van der Waals surface area contributed by atoms with Gasteiger partial charge in [0.1, 0.15) is 21.9 Å². The van der Waals surface area contributed by atoms with E-state index in [1.54, 1.807) is 13.8 Å². The average molecular weight is 406 g/mol. The largest absolute Gasteiger partial charge is 0.462 e. The van der Waals surface area contributed by atoms with E-state index >= 15 is 0 Å². The zero-order chi connectivity index (χ0) is 20.4. The van der Waals surface area contributed by atoms with Crippen LogP contribution in [-0.2, 0) is 19.1 Å². The molecule has 29 heavy (non-hydrogen) atoms. The summed E-state index contributed by atoms with van der Waals surface area (Å²) in [6.07, 6.45) is 0. The van der Waals surface area contributed by atoms with Crippen molar-refractivity contribution in [2.45, 2.75) is 13.8 Å². The predicted molar refractivity (Wildman–Crippen MR) is 112 cm³/mol. The van der Waals surface area contributed by atoms with Crippen molar-refractivity contribution in [1.29, 1.82) is 0 Å². The molecule has 2 aliphatic heterocycles. The summed E-state index contributed by atoms with van der Waals surface area (Å²) in [6, 6.07) is 18.6. The summed E-state index contributed by atoms with van der Waals surface area (Å²) in [6.45, 7) is 3.69. The third-order valence-electron chi connectivity index (χ3n) is 4.32. The second-order valence-electron chi connectivity index (χ2n) is 6.24. The molecular weight excluding hydrogens is 388 g/mol. The van der Waals surface area contributed by atoms with Crippen molar-refractivity contribution < 1.29 is 19.1 Å². The predicted octanol–water partition coefficient (Wildman–Crippen LogP) is 4.21. The van der Waals surface area contributed by atoms with E-state index < -0.39 is 5.97 Å². The Morgan fingerprint density at radius 3 is 2.41 bits per heavy atom. The number of carbonyl (C=O) groups excluding carboxylic acids is 2. The molecule has 2 aliphatic rings. The van der Waals surface area contributed by atoms with Crippen LogP contribution < -0.4 is 5.01 Å². The Balaban J connectivity index is 1.78. The summed E-state index contributed by atoms with van der Waals surface area (Å²) in [5.74, 6) is -0.362. The van der Waals surface area contributed by atoms with Gasteiger partial charge in [-0.25, -0.2) is 4.79 Å². The number of hydrogen-bond acceptors (Lipinski definition) is 6. The number of nitrogens with zero attached hydrogens (tertiary/aromatic N) is 2. The van der Waals surface area contributed by atoms with Crippen LogP contribution in [-0.4, -0.2) is 24.2 Å². The highest BCUT2D eigenvalue weighted by Crippen LogP contribution is 2.43. The number of carbonyl (C=O) groups is 2. The molecule has 6 nitrogen and oxygen atoms in total. The lowest BCUT2D eigenvalue weighted by molar-refractivity contribution is -0.137. The summed E-state index contributed by atoms with van der Waals surface area (Å²) in [5, 5.41) is 6.27. The SMILES string of the molecule is CCOC(=O)C1=C(C)OC(=C2C(=O)N(c3ccccc3)N=C2c2ccccc2)S1. The van der Waals surface area contributed by atoms with Crippen LogP contribution in [0.1, 0.15) is 19.4 Å². The van der Waals surface area contributed by atoms with E-state index in [1.807, 2.05) is 60.7 Å². The first kappa shape index (κ1) is 19.0. The quantitative estimate of drug-likeness (QED) is 0.562. The van der Waals surface area contributed by atoms with Gasteiger partial charge in [0.15, 0.2) is 5.09 Å². The summed E-state index contributed by atoms with van der Waals surface area (Å²) in [5.41, 5.74) is 2.26. The highest BCUT2D eigenvalue weighted by atomic mass is 32.2. The third-order valence-corrected chi connectivity index (χ3v) is 5.45. The molecule has 0 bridgehead atoms. The van der Waals surface area contributed by atoms with Crippen LogP contribution in [0.2, 0.25) is 0 Å². The first-order valence-corrected chi connectivity index (χ1v) is 9.93. The van der Waals surface area contributed by atoms with Crippen molar-refractivity contribution in [3.8, 4) is 0 Å². The molecule has 0 saturated heterocycles. The van der Waals surface area contributed by atoms with Crippen molar-refractivity contribution in [2.75, 3.05) is 11.6 Å². The molecule has 0 atom stereocenters. The van der Waals surface area contributed by atoms with Crippen molar-refractivity contribution >= 4 is 35.0 Å². The maximum absolute atomic E-state index is 13.3. The van der Waals surface area contributed by atoms with Crippen LogP contribution in [0.15, 0.2) is 87.1 Å². The first-order chi connectivity index (χ1) is 14.1. The lowest BCUT2D eigenvalue weighted by Gasteiger charge is -2.11. The van der Waals surface area contributed by atoms with Gasteiger partial charge in [-0.1, -0.05) is 48.5 Å². The standard InChI is InChI=1S/C22H18N2O4S/c1-3-27-21(26)19-14(2)28-22(29-19)17-18(15-10-6-4-7-11-15)23-24(20(17)25)16-12-8-5-9-13-16/h4-13H,3H2,1-2H3. The summed E-state index contributed by atoms with van der Waals surface area (Å²) in [7, 11) is 0. The van der Waals surface area contributed by atoms with Crippen LogP contribution in [0, 0.1) is 0 Å². The molecule has 0 N–H and O–H groups in total. The zero-order valence-corrected chi connectivity index (χ0v) is 16.7. The maximum atomic E-state index is 13.3. The van der Waals surface area contributed by atoms with Crippen LogP contribution in [0.3, 0.4) is 0 Å². The van der Waals surface area contributed by atoms with E-state index in [0.717, 1.165) is 17.3 Å². The number of benzene rings is 2. The van der Waals surface area contributed by atoms with Gasteiger partial charge in [-0.3, -0.25) is 4.79 Å². The smallest absolute Gasteiger partial charge is 0.348 e. The third kappa shape index (κ3) is 3.56. The number of esters is 1. The van der Waals surface area contributed by atoms with Gasteiger partial charge in [0.05, 0.1) is 12.3 Å². The zero-order valence-electron chi connectivity index (χ0n) is 15.9. The molecule has 0 aromatic heterocycles. The normalized spacial score (nSPS) is 18.8. The Morgan fingerprint density at radius 2 is 1.76 bits per heavy atom. The van der Waals surface area contributed by atoms with Gasteiger partial charge in [0.25, 0.3) is 5.91 Å². The van der Waals surface area contributed by atoms with Crippen molar-refractivity contribution in [1.82, 2.24) is 0 Å². The Bertz CT molecular complexity index is 1060. The molecule has 4 rings (SSSR count). The van der Waals surface area contributed by atoms with Gasteiger partial charge in [-0.05, 0) is 37.7 Å². The van der Waals surface area contributed by atoms with Crippen LogP contribution in [0.25, 0.3) is 0 Å². The van der Waals surface area contributed by atoms with E-state index in [0.29, 0.717) is 32.7 Å². The molecule has 0 fully saturated rings. The molecule has 0 saturated carbocycles. The second-order valence-corrected chi connectivity index (χ2v) is 7.22. The van der Waals surface area contributed by atoms with Crippen molar-refractivity contribution in [2.24, 2.45) is 5.10 Å². The molecule has 7 heteroatoms. The van der Waals surface area contributed by atoms with Crippen LogP contribution in [0.4, 0.5) is 5.69 Å². The molecule has 2 heterocycles. The minimum absolute atomic E-state index is 0.263. The van der Waals surface area contributed by atoms with Crippen molar-refractivity contribution in [3.05, 3.63) is 87.6 Å². The van der Waals surface area contributed by atoms with Gasteiger partial charge in [0, 0.05) is 5.56 Å². The monoisotopic (exact) mass is 406 g/mol. The van der Waals surface area contributed by atoms with E-state index in [4.69, 9.17) is 9.47 Å². The molecule has 0 spiro atoms. The summed E-state index contributed by atoms with van der Waals surface area (Å²) in [4.78, 5) is 25.9. The van der Waals surface area contributed by atoms with Crippen LogP contribution >= 0.6 is 11.8 Å². The van der Waals surface area contributed by atoms with E-state index in [2.05, 4.69) is 5.10 Å². The van der Waals surface area contributed by atoms with E-state index in [1.165, 1.54) is 5.01 Å². The minimum atomic E-state index is -0.464. The van der Waals surface area contributed by atoms with Crippen LogP contribution in [0.5, 0.6) is 0 Å². The summed E-state index contributed by atoms with van der Waals surface area (Å²) < 4.78 is 10.9. The number of anilines is 1. The number of ether oxygens (including phenoxy) is 2. The molecule has 0 aliphatic carbocycles. The fourth-order valence-electron chi connectivity index (χ4n) is 2.98. The molecular formula is C22H18N2O4S. The molecule has 0 radical (unpaired) electrons. The topological polar surface area (TPSA) is 68.2 Å². The molecule has 2 aromatic rings. The van der Waals surface area contributed by atoms with Gasteiger partial charge in [-0.15, -0.1) is 0 Å². The molecule has 1 amide bonds. The number of rotatable bonds is 4. The number of hydrazone groups is 1. The highest BCUT2D eigenvalue weighted by molar-refractivity contribution is 8.07. The second kappa shape index (κ2) is 7.97. The van der Waals surface area contributed by atoms with Gasteiger partial charge in [-0.2, -0.15) is 10.1 Å². The number of amides is 1. The number of allylic oxidation sites excluding steroid dienone is 1. The Kier molecular flexibility index (Phi) is 5.22. The van der Waals surface area contributed by atoms with E-state index in [9.17, 15) is 9.59 Å². The minimum Gasteiger partial charge on any atom is -0.462 e. The molecule has 0 unspecified atom stereocenters. The molecule has 146 valence electrons. The Morgan fingerprint density at radius 1 is 1.10 bits per heavy atom. The maximum Gasteiger partial charge on any atom is 0.348 e. The first-order valence-electron chi connectivity index (χ1n) is 9.12. The number of thioether (sulfide) groups is 1. The Labute approximate surface area is 172 Å². The average Bonchev–Trinajstić information content (AvgIpc) is 3.29. The number of para-hydroxylation sites is 1. The van der Waals surface area contributed by atoms with Gasteiger partial charge < -0.3 is 9.47 Å². The lowest BCUT2D eigenvalue weighted by atomic mass is 10.0.